The van der Waals surface area contributed by atoms with Gasteiger partial charge >= 0.3 is 0 Å². The van der Waals surface area contributed by atoms with Gasteiger partial charge in [-0.1, -0.05) is 44.0 Å². The quantitative estimate of drug-likeness (QED) is 0.469. The van der Waals surface area contributed by atoms with Crippen molar-refractivity contribution in [2.45, 2.75) is 17.8 Å². The molecule has 0 fully saturated rings. The van der Waals surface area contributed by atoms with E-state index in [1.165, 1.54) is 12.1 Å². The number of amides is 1. The van der Waals surface area contributed by atoms with Gasteiger partial charge in [-0.2, -0.15) is 0 Å². The number of nitrogens with one attached hydrogen (secondary N) is 1. The number of benzene rings is 1. The van der Waals surface area contributed by atoms with Gasteiger partial charge in [0.1, 0.15) is 0 Å². The lowest BCUT2D eigenvalue weighted by Crippen LogP contribution is -2.30. The molecule has 98 valence electrons. The molecule has 0 heterocycles. The van der Waals surface area contributed by atoms with Crippen molar-refractivity contribution in [2.75, 3.05) is 5.33 Å². The maximum atomic E-state index is 11.6. The van der Waals surface area contributed by atoms with Crippen LogP contribution in [0.2, 0.25) is 0 Å². The normalized spacial score (nSPS) is 11.9. The van der Waals surface area contributed by atoms with Crippen molar-refractivity contribution >= 4 is 43.5 Å². The van der Waals surface area contributed by atoms with Gasteiger partial charge in [-0.15, -0.1) is 0 Å². The summed E-state index contributed by atoms with van der Waals surface area (Å²) in [5, 5.41) is 14.0. The standard InChI is InChI=1S/C11H12Br2N2O3/c12-6-5-10(13)11(16)14-7-8-1-3-9(4-2-8)15(17)18/h1-4,10H,5-7H2,(H,14,16). The number of alkyl halides is 2. The van der Waals surface area contributed by atoms with Crippen molar-refractivity contribution in [1.29, 1.82) is 0 Å². The fourth-order valence-electron chi connectivity index (χ4n) is 1.26. The summed E-state index contributed by atoms with van der Waals surface area (Å²) in [6, 6.07) is 6.11. The molecule has 0 aromatic heterocycles. The largest absolute Gasteiger partial charge is 0.351 e. The van der Waals surface area contributed by atoms with Gasteiger partial charge in [0.15, 0.2) is 0 Å². The first-order valence-electron chi connectivity index (χ1n) is 5.25. The first-order chi connectivity index (χ1) is 8.54. The summed E-state index contributed by atoms with van der Waals surface area (Å²) in [5.41, 5.74) is 0.871. The third-order valence-electron chi connectivity index (χ3n) is 2.26. The molecule has 0 bridgehead atoms. The summed E-state index contributed by atoms with van der Waals surface area (Å²) in [7, 11) is 0. The lowest BCUT2D eigenvalue weighted by molar-refractivity contribution is -0.384. The lowest BCUT2D eigenvalue weighted by Gasteiger charge is -2.09. The fraction of sp³-hybridized carbons (Fsp3) is 0.364. The van der Waals surface area contributed by atoms with Crippen LogP contribution in [-0.4, -0.2) is 21.0 Å². The highest BCUT2D eigenvalue weighted by Gasteiger charge is 2.13. The number of rotatable bonds is 6. The average molecular weight is 380 g/mol. The molecule has 7 heteroatoms. The van der Waals surface area contributed by atoms with Crippen LogP contribution in [0.1, 0.15) is 12.0 Å². The fourth-order valence-corrected chi connectivity index (χ4v) is 2.73. The summed E-state index contributed by atoms with van der Waals surface area (Å²) in [4.78, 5) is 21.4. The predicted octanol–water partition coefficient (Wildman–Crippen LogP) is 2.76. The minimum Gasteiger partial charge on any atom is -0.351 e. The van der Waals surface area contributed by atoms with Crippen molar-refractivity contribution < 1.29 is 9.72 Å². The molecule has 1 unspecified atom stereocenters. The number of nitro benzene ring substituents is 1. The number of nitro groups is 1. The predicted molar refractivity (Wildman–Crippen MR) is 76.1 cm³/mol. The molecule has 18 heavy (non-hydrogen) atoms. The van der Waals surface area contributed by atoms with Crippen LogP contribution in [0.25, 0.3) is 0 Å². The Hall–Kier alpha value is -0.950. The van der Waals surface area contributed by atoms with Gasteiger partial charge in [-0.25, -0.2) is 0 Å². The van der Waals surface area contributed by atoms with E-state index in [9.17, 15) is 14.9 Å². The number of non-ortho nitro benzene ring substituents is 1. The van der Waals surface area contributed by atoms with Gasteiger partial charge in [0, 0.05) is 24.0 Å². The van der Waals surface area contributed by atoms with Crippen LogP contribution in [0, 0.1) is 10.1 Å². The second kappa shape index (κ2) is 7.48. The molecule has 0 aliphatic rings. The molecule has 0 saturated heterocycles. The highest BCUT2D eigenvalue weighted by atomic mass is 79.9. The maximum Gasteiger partial charge on any atom is 0.269 e. The SMILES string of the molecule is O=C(NCc1ccc([N+](=O)[O-])cc1)C(Br)CCBr. The van der Waals surface area contributed by atoms with Gasteiger partial charge in [0.2, 0.25) is 5.91 Å². The summed E-state index contributed by atoms with van der Waals surface area (Å²) < 4.78 is 0. The topological polar surface area (TPSA) is 72.2 Å². The molecular weight excluding hydrogens is 368 g/mol. The van der Waals surface area contributed by atoms with Crippen LogP contribution in [-0.2, 0) is 11.3 Å². The number of nitrogens with zero attached hydrogens (tertiary/aromatic N) is 1. The molecule has 0 saturated carbocycles. The first-order valence-corrected chi connectivity index (χ1v) is 7.29. The van der Waals surface area contributed by atoms with E-state index in [0.29, 0.717) is 13.0 Å². The smallest absolute Gasteiger partial charge is 0.269 e. The Kier molecular flexibility index (Phi) is 6.28. The Morgan fingerprint density at radius 3 is 2.50 bits per heavy atom. The lowest BCUT2D eigenvalue weighted by atomic mass is 10.2. The molecule has 1 atom stereocenters. The first kappa shape index (κ1) is 15.1. The molecule has 1 aromatic rings. The zero-order chi connectivity index (χ0) is 13.5. The van der Waals surface area contributed by atoms with Gasteiger partial charge < -0.3 is 5.32 Å². The van der Waals surface area contributed by atoms with E-state index in [2.05, 4.69) is 37.2 Å². The van der Waals surface area contributed by atoms with Gasteiger partial charge in [-0.05, 0) is 12.0 Å². The third-order valence-corrected chi connectivity index (χ3v) is 3.59. The molecule has 5 nitrogen and oxygen atoms in total. The van der Waals surface area contributed by atoms with E-state index >= 15 is 0 Å². The van der Waals surface area contributed by atoms with Crippen LogP contribution in [0.15, 0.2) is 24.3 Å². The van der Waals surface area contributed by atoms with Crippen LogP contribution in [0.5, 0.6) is 0 Å². The van der Waals surface area contributed by atoms with Crippen molar-refractivity contribution in [3.63, 3.8) is 0 Å². The minimum atomic E-state index is -0.452. The van der Waals surface area contributed by atoms with Gasteiger partial charge in [0.05, 0.1) is 9.75 Å². The monoisotopic (exact) mass is 378 g/mol. The summed E-state index contributed by atoms with van der Waals surface area (Å²) in [6.07, 6.45) is 0.700. The number of carbonyl (C=O) groups is 1. The number of hydrogen-bond acceptors (Lipinski definition) is 3. The summed E-state index contributed by atoms with van der Waals surface area (Å²) in [6.45, 7) is 0.362. The van der Waals surface area contributed by atoms with Crippen LogP contribution >= 0.6 is 31.9 Å². The molecule has 1 amide bonds. The minimum absolute atomic E-state index is 0.0442. The molecule has 1 rings (SSSR count). The van der Waals surface area contributed by atoms with Crippen LogP contribution in [0.3, 0.4) is 0 Å². The van der Waals surface area contributed by atoms with E-state index in [-0.39, 0.29) is 16.4 Å². The molecule has 1 N–H and O–H groups in total. The van der Waals surface area contributed by atoms with Gasteiger partial charge in [0.25, 0.3) is 5.69 Å². The zero-order valence-electron chi connectivity index (χ0n) is 9.44. The Morgan fingerprint density at radius 1 is 1.39 bits per heavy atom. The molecule has 0 aliphatic carbocycles. The summed E-state index contributed by atoms with van der Waals surface area (Å²) >= 11 is 6.54. The zero-order valence-corrected chi connectivity index (χ0v) is 12.6. The van der Waals surface area contributed by atoms with Crippen molar-refractivity contribution in [3.8, 4) is 0 Å². The highest BCUT2D eigenvalue weighted by Crippen LogP contribution is 2.12. The molecule has 0 radical (unpaired) electrons. The van der Waals surface area contributed by atoms with E-state index in [4.69, 9.17) is 0 Å². The maximum absolute atomic E-state index is 11.6. The summed E-state index contributed by atoms with van der Waals surface area (Å²) in [5.74, 6) is -0.0900. The van der Waals surface area contributed by atoms with Crippen molar-refractivity contribution in [1.82, 2.24) is 5.32 Å². The van der Waals surface area contributed by atoms with Crippen LogP contribution < -0.4 is 5.32 Å². The van der Waals surface area contributed by atoms with E-state index in [1.54, 1.807) is 12.1 Å². The molecule has 0 spiro atoms. The second-order valence-electron chi connectivity index (χ2n) is 3.59. The highest BCUT2D eigenvalue weighted by molar-refractivity contribution is 9.10. The Morgan fingerprint density at radius 2 is 2.00 bits per heavy atom. The number of halogens is 2. The Bertz CT molecular complexity index is 423. The Labute approximate surface area is 121 Å². The molecule has 0 aliphatic heterocycles. The molecule has 1 aromatic carbocycles. The van der Waals surface area contributed by atoms with Crippen molar-refractivity contribution in [2.24, 2.45) is 0 Å². The number of carbonyl (C=O) groups excluding carboxylic acids is 1. The van der Waals surface area contributed by atoms with Gasteiger partial charge in [-0.3, -0.25) is 14.9 Å². The second-order valence-corrected chi connectivity index (χ2v) is 5.48. The Balaban J connectivity index is 2.48. The third kappa shape index (κ3) is 4.73. The van der Waals surface area contributed by atoms with Crippen LogP contribution in [0.4, 0.5) is 5.69 Å². The van der Waals surface area contributed by atoms with Crippen molar-refractivity contribution in [3.05, 3.63) is 39.9 Å². The van der Waals surface area contributed by atoms with E-state index in [1.807, 2.05) is 0 Å². The number of hydrogen-bond donors (Lipinski definition) is 1. The van der Waals surface area contributed by atoms with E-state index in [0.717, 1.165) is 10.9 Å². The molecular formula is C11H12Br2N2O3. The average Bonchev–Trinajstić information content (AvgIpc) is 2.36. The van der Waals surface area contributed by atoms with E-state index < -0.39 is 4.92 Å².